The van der Waals surface area contributed by atoms with Crippen LogP contribution in [0.4, 0.5) is 8.78 Å². The highest BCUT2D eigenvalue weighted by Crippen LogP contribution is 2.19. The average Bonchev–Trinajstić information content (AvgIpc) is 2.61. The highest BCUT2D eigenvalue weighted by Gasteiger charge is 2.26. The second-order valence-electron chi connectivity index (χ2n) is 6.29. The first kappa shape index (κ1) is 19.3. The van der Waals surface area contributed by atoms with Crippen LogP contribution in [0.1, 0.15) is 37.7 Å². The number of hydrogen-bond donors (Lipinski definition) is 2. The SMILES string of the molecule is NCCC(=O)NCC1CCCCN1C(=O)CCc1cccc(F)c1F. The molecule has 1 aliphatic heterocycles. The summed E-state index contributed by atoms with van der Waals surface area (Å²) in [6.45, 7) is 1.32. The Morgan fingerprint density at radius 2 is 2.04 bits per heavy atom. The van der Waals surface area contributed by atoms with Gasteiger partial charge in [0.1, 0.15) is 0 Å². The van der Waals surface area contributed by atoms with Gasteiger partial charge in [-0.25, -0.2) is 8.78 Å². The highest BCUT2D eigenvalue weighted by atomic mass is 19.2. The third kappa shape index (κ3) is 5.49. The molecule has 0 aromatic heterocycles. The van der Waals surface area contributed by atoms with Gasteiger partial charge in [-0.2, -0.15) is 0 Å². The second-order valence-corrected chi connectivity index (χ2v) is 6.29. The van der Waals surface area contributed by atoms with Crippen LogP contribution in [-0.2, 0) is 16.0 Å². The molecule has 1 aromatic rings. The smallest absolute Gasteiger partial charge is 0.223 e. The number of hydrogen-bond acceptors (Lipinski definition) is 3. The minimum atomic E-state index is -0.900. The van der Waals surface area contributed by atoms with E-state index in [4.69, 9.17) is 5.73 Å². The zero-order chi connectivity index (χ0) is 18.2. The summed E-state index contributed by atoms with van der Waals surface area (Å²) in [4.78, 5) is 25.8. The molecule has 1 unspecified atom stereocenters. The first-order valence-electron chi connectivity index (χ1n) is 8.72. The Kier molecular flexibility index (Phi) is 7.31. The maximum absolute atomic E-state index is 13.7. The van der Waals surface area contributed by atoms with Gasteiger partial charge in [-0.1, -0.05) is 12.1 Å². The van der Waals surface area contributed by atoms with E-state index in [1.165, 1.54) is 12.1 Å². The fourth-order valence-corrected chi connectivity index (χ4v) is 3.12. The Morgan fingerprint density at radius 1 is 1.24 bits per heavy atom. The van der Waals surface area contributed by atoms with E-state index in [0.717, 1.165) is 25.3 Å². The molecule has 0 saturated carbocycles. The number of piperidine rings is 1. The van der Waals surface area contributed by atoms with E-state index >= 15 is 0 Å². The molecular weight excluding hydrogens is 328 g/mol. The van der Waals surface area contributed by atoms with E-state index in [0.29, 0.717) is 19.6 Å². The van der Waals surface area contributed by atoms with Crippen molar-refractivity contribution in [3.63, 3.8) is 0 Å². The lowest BCUT2D eigenvalue weighted by atomic mass is 10.0. The molecule has 5 nitrogen and oxygen atoms in total. The van der Waals surface area contributed by atoms with Crippen molar-refractivity contribution in [1.82, 2.24) is 10.2 Å². The topological polar surface area (TPSA) is 75.4 Å². The molecule has 138 valence electrons. The Balaban J connectivity index is 1.91. The number of nitrogens with zero attached hydrogens (tertiary/aromatic N) is 1. The van der Waals surface area contributed by atoms with Crippen LogP contribution in [0.15, 0.2) is 18.2 Å². The van der Waals surface area contributed by atoms with Crippen molar-refractivity contribution in [3.05, 3.63) is 35.4 Å². The summed E-state index contributed by atoms with van der Waals surface area (Å²) in [6, 6.07) is 3.94. The largest absolute Gasteiger partial charge is 0.354 e. The van der Waals surface area contributed by atoms with Crippen molar-refractivity contribution in [1.29, 1.82) is 0 Å². The molecule has 1 fully saturated rings. The summed E-state index contributed by atoms with van der Waals surface area (Å²) >= 11 is 0. The molecule has 7 heteroatoms. The molecule has 2 amide bonds. The van der Waals surface area contributed by atoms with Crippen LogP contribution in [-0.4, -0.2) is 42.4 Å². The number of carbonyl (C=O) groups is 2. The van der Waals surface area contributed by atoms with Gasteiger partial charge in [-0.3, -0.25) is 9.59 Å². The Labute approximate surface area is 146 Å². The first-order chi connectivity index (χ1) is 12.0. The van der Waals surface area contributed by atoms with Crippen molar-refractivity contribution in [2.75, 3.05) is 19.6 Å². The molecule has 0 spiro atoms. The molecule has 2 rings (SSSR count). The quantitative estimate of drug-likeness (QED) is 0.784. The van der Waals surface area contributed by atoms with E-state index in [9.17, 15) is 18.4 Å². The standard InChI is InChI=1S/C18H25F2N3O2/c19-15-6-3-4-13(18(15)20)7-8-17(25)23-11-2-1-5-14(23)12-22-16(24)9-10-21/h3-4,6,14H,1-2,5,7-12,21H2,(H,22,24). The number of benzene rings is 1. The average molecular weight is 353 g/mol. The van der Waals surface area contributed by atoms with Crippen LogP contribution >= 0.6 is 0 Å². The Morgan fingerprint density at radius 3 is 2.80 bits per heavy atom. The van der Waals surface area contributed by atoms with Crippen LogP contribution in [0.3, 0.4) is 0 Å². The third-order valence-corrected chi connectivity index (χ3v) is 4.49. The van der Waals surface area contributed by atoms with E-state index in [-0.39, 0.29) is 42.7 Å². The summed E-state index contributed by atoms with van der Waals surface area (Å²) in [5.41, 5.74) is 5.56. The zero-order valence-corrected chi connectivity index (χ0v) is 14.3. The van der Waals surface area contributed by atoms with Crippen molar-refractivity contribution in [2.45, 2.75) is 44.6 Å². The van der Waals surface area contributed by atoms with Crippen LogP contribution in [0, 0.1) is 11.6 Å². The van der Waals surface area contributed by atoms with E-state index < -0.39 is 11.6 Å². The van der Waals surface area contributed by atoms with E-state index in [1.54, 1.807) is 4.90 Å². The number of amides is 2. The number of nitrogens with two attached hydrogens (primary N) is 1. The number of carbonyl (C=O) groups excluding carboxylic acids is 2. The van der Waals surface area contributed by atoms with Crippen molar-refractivity contribution >= 4 is 11.8 Å². The van der Waals surface area contributed by atoms with Crippen LogP contribution in [0.25, 0.3) is 0 Å². The Hall–Kier alpha value is -2.02. The second kappa shape index (κ2) is 9.46. The molecule has 0 bridgehead atoms. The Bertz CT molecular complexity index is 610. The lowest BCUT2D eigenvalue weighted by molar-refractivity contribution is -0.135. The molecule has 1 heterocycles. The summed E-state index contributed by atoms with van der Waals surface area (Å²) in [5.74, 6) is -2.01. The van der Waals surface area contributed by atoms with Gasteiger partial charge in [0.2, 0.25) is 11.8 Å². The molecule has 3 N–H and O–H groups in total. The van der Waals surface area contributed by atoms with Gasteiger partial charge in [-0.05, 0) is 37.3 Å². The number of aryl methyl sites for hydroxylation is 1. The highest BCUT2D eigenvalue weighted by molar-refractivity contribution is 5.78. The molecular formula is C18H25F2N3O2. The fourth-order valence-electron chi connectivity index (χ4n) is 3.12. The maximum Gasteiger partial charge on any atom is 0.223 e. The number of rotatable bonds is 7. The number of nitrogens with one attached hydrogen (secondary N) is 1. The fraction of sp³-hybridized carbons (Fsp3) is 0.556. The molecule has 1 aromatic carbocycles. The van der Waals surface area contributed by atoms with Gasteiger partial charge in [0.05, 0.1) is 0 Å². The monoisotopic (exact) mass is 353 g/mol. The lowest BCUT2D eigenvalue weighted by Gasteiger charge is -2.36. The summed E-state index contributed by atoms with van der Waals surface area (Å²) in [5, 5.41) is 2.81. The van der Waals surface area contributed by atoms with Gasteiger partial charge in [0.15, 0.2) is 11.6 Å². The van der Waals surface area contributed by atoms with Crippen molar-refractivity contribution in [2.24, 2.45) is 5.73 Å². The minimum Gasteiger partial charge on any atom is -0.354 e. The molecule has 25 heavy (non-hydrogen) atoms. The van der Waals surface area contributed by atoms with Gasteiger partial charge < -0.3 is 16.0 Å². The van der Waals surface area contributed by atoms with Gasteiger partial charge in [-0.15, -0.1) is 0 Å². The number of halogens is 2. The molecule has 0 aliphatic carbocycles. The van der Waals surface area contributed by atoms with E-state index in [1.807, 2.05) is 0 Å². The maximum atomic E-state index is 13.7. The lowest BCUT2D eigenvalue weighted by Crippen LogP contribution is -2.49. The number of likely N-dealkylation sites (tertiary alicyclic amines) is 1. The molecule has 1 atom stereocenters. The van der Waals surface area contributed by atoms with Crippen LogP contribution in [0.2, 0.25) is 0 Å². The summed E-state index contributed by atoms with van der Waals surface area (Å²) in [7, 11) is 0. The molecule has 1 aliphatic rings. The summed E-state index contributed by atoms with van der Waals surface area (Å²) < 4.78 is 26.9. The van der Waals surface area contributed by atoms with E-state index in [2.05, 4.69) is 5.32 Å². The molecule has 1 saturated heterocycles. The molecule has 0 radical (unpaired) electrons. The van der Waals surface area contributed by atoms with Gasteiger partial charge in [0.25, 0.3) is 0 Å². The summed E-state index contributed by atoms with van der Waals surface area (Å²) in [6.07, 6.45) is 3.27. The van der Waals surface area contributed by atoms with Gasteiger partial charge >= 0.3 is 0 Å². The first-order valence-corrected chi connectivity index (χ1v) is 8.72. The van der Waals surface area contributed by atoms with Crippen LogP contribution < -0.4 is 11.1 Å². The normalized spacial score (nSPS) is 17.4. The zero-order valence-electron chi connectivity index (χ0n) is 14.3. The third-order valence-electron chi connectivity index (χ3n) is 4.49. The minimum absolute atomic E-state index is 0.0552. The van der Waals surface area contributed by atoms with Crippen molar-refractivity contribution in [3.8, 4) is 0 Å². The van der Waals surface area contributed by atoms with Crippen LogP contribution in [0.5, 0.6) is 0 Å². The van der Waals surface area contributed by atoms with Gasteiger partial charge in [0, 0.05) is 38.5 Å². The predicted octanol–water partition coefficient (Wildman–Crippen LogP) is 1.74. The van der Waals surface area contributed by atoms with Crippen molar-refractivity contribution < 1.29 is 18.4 Å². The predicted molar refractivity (Wildman–Crippen MR) is 90.7 cm³/mol.